The Balaban J connectivity index is 3.28. The van der Waals surface area contributed by atoms with Crippen molar-refractivity contribution in [2.24, 2.45) is 5.73 Å². The first-order chi connectivity index (χ1) is 6.91. The van der Waals surface area contributed by atoms with Crippen molar-refractivity contribution >= 4 is 52.2 Å². The molecule has 0 spiro atoms. The van der Waals surface area contributed by atoms with Crippen LogP contribution in [0.4, 0.5) is 5.69 Å². The number of nitrogens with one attached hydrogen (secondary N) is 1. The van der Waals surface area contributed by atoms with Gasteiger partial charge in [0, 0.05) is 0 Å². The molecule has 1 aromatic rings. The lowest BCUT2D eigenvalue weighted by atomic mass is 10.2. The van der Waals surface area contributed by atoms with Gasteiger partial charge in [-0.2, -0.15) is 0 Å². The molecule has 0 aromatic heterocycles. The Labute approximate surface area is 101 Å². The lowest BCUT2D eigenvalue weighted by molar-refractivity contribution is 0.0698. The zero-order chi connectivity index (χ0) is 11.6. The quantitative estimate of drug-likeness (QED) is 0.715. The summed E-state index contributed by atoms with van der Waals surface area (Å²) in [5, 5.41) is 11.7. The maximum Gasteiger partial charge on any atom is 0.337 e. The van der Waals surface area contributed by atoms with E-state index >= 15 is 0 Å². The van der Waals surface area contributed by atoms with Crippen LogP contribution in [0.1, 0.15) is 10.4 Å². The monoisotopic (exact) mass is 264 g/mol. The number of nitrogens with two attached hydrogens (primary N) is 1. The summed E-state index contributed by atoms with van der Waals surface area (Å²) in [5.74, 6) is -1.15. The molecule has 15 heavy (non-hydrogen) atoms. The van der Waals surface area contributed by atoms with Crippen LogP contribution in [0.2, 0.25) is 10.0 Å². The van der Waals surface area contributed by atoms with Crippen LogP contribution in [-0.2, 0) is 0 Å². The Morgan fingerprint density at radius 1 is 1.40 bits per heavy atom. The minimum Gasteiger partial charge on any atom is -0.478 e. The molecule has 0 saturated carbocycles. The van der Waals surface area contributed by atoms with E-state index in [9.17, 15) is 4.79 Å². The number of carboxylic acids is 1. The number of rotatable bonds is 2. The van der Waals surface area contributed by atoms with Crippen LogP contribution in [-0.4, -0.2) is 16.2 Å². The molecule has 7 heteroatoms. The van der Waals surface area contributed by atoms with Gasteiger partial charge in [-0.1, -0.05) is 23.2 Å². The van der Waals surface area contributed by atoms with Gasteiger partial charge in [-0.25, -0.2) is 4.79 Å². The van der Waals surface area contributed by atoms with Gasteiger partial charge in [0.25, 0.3) is 0 Å². The van der Waals surface area contributed by atoms with Gasteiger partial charge < -0.3 is 16.2 Å². The summed E-state index contributed by atoms with van der Waals surface area (Å²) in [6.07, 6.45) is 0. The third-order valence-corrected chi connectivity index (χ3v) is 2.37. The Kier molecular flexibility index (Phi) is 3.73. The van der Waals surface area contributed by atoms with E-state index in [0.29, 0.717) is 0 Å². The molecule has 0 saturated heterocycles. The molecule has 0 heterocycles. The van der Waals surface area contributed by atoms with Gasteiger partial charge in [-0.05, 0) is 24.4 Å². The van der Waals surface area contributed by atoms with Crippen molar-refractivity contribution in [3.05, 3.63) is 27.7 Å². The topological polar surface area (TPSA) is 75.3 Å². The normalized spacial score (nSPS) is 9.73. The van der Waals surface area contributed by atoms with Crippen molar-refractivity contribution in [3.8, 4) is 0 Å². The summed E-state index contributed by atoms with van der Waals surface area (Å²) in [4.78, 5) is 10.8. The average molecular weight is 265 g/mol. The van der Waals surface area contributed by atoms with Gasteiger partial charge in [0.15, 0.2) is 5.11 Å². The van der Waals surface area contributed by atoms with Gasteiger partial charge in [0.05, 0.1) is 21.3 Å². The molecule has 0 aliphatic carbocycles. The highest BCUT2D eigenvalue weighted by molar-refractivity contribution is 7.80. The summed E-state index contributed by atoms with van der Waals surface area (Å²) in [6.45, 7) is 0. The molecule has 0 amide bonds. The molecule has 4 nitrogen and oxygen atoms in total. The number of halogens is 2. The predicted molar refractivity (Wildman–Crippen MR) is 63.8 cm³/mol. The standard InChI is InChI=1S/C8H6Cl2N2O2S/c9-4-1-3(7(13)14)6(2-5(4)10)12-8(11)15/h1-2H,(H,13,14)(H3,11,12,15). The zero-order valence-corrected chi connectivity index (χ0v) is 9.58. The first kappa shape index (κ1) is 12.0. The van der Waals surface area contributed by atoms with Crippen LogP contribution in [0.3, 0.4) is 0 Å². The van der Waals surface area contributed by atoms with Crippen molar-refractivity contribution in [3.63, 3.8) is 0 Å². The highest BCUT2D eigenvalue weighted by Crippen LogP contribution is 2.29. The Morgan fingerprint density at radius 3 is 2.40 bits per heavy atom. The lowest BCUT2D eigenvalue weighted by Crippen LogP contribution is -2.20. The van der Waals surface area contributed by atoms with E-state index in [1.54, 1.807) is 0 Å². The second-order valence-electron chi connectivity index (χ2n) is 2.61. The highest BCUT2D eigenvalue weighted by atomic mass is 35.5. The molecular weight excluding hydrogens is 259 g/mol. The van der Waals surface area contributed by atoms with E-state index in [-0.39, 0.29) is 26.4 Å². The van der Waals surface area contributed by atoms with Crippen LogP contribution in [0, 0.1) is 0 Å². The fourth-order valence-electron chi connectivity index (χ4n) is 0.960. The highest BCUT2D eigenvalue weighted by Gasteiger charge is 2.13. The number of carboxylic acid groups (broad SMARTS) is 1. The Bertz CT molecular complexity index is 437. The van der Waals surface area contributed by atoms with Crippen molar-refractivity contribution in [2.75, 3.05) is 5.32 Å². The second-order valence-corrected chi connectivity index (χ2v) is 3.86. The van der Waals surface area contributed by atoms with Crippen LogP contribution in [0.5, 0.6) is 0 Å². The maximum absolute atomic E-state index is 10.8. The number of hydrogen-bond acceptors (Lipinski definition) is 2. The van der Waals surface area contributed by atoms with Crippen molar-refractivity contribution in [1.29, 1.82) is 0 Å². The third kappa shape index (κ3) is 2.95. The molecule has 0 radical (unpaired) electrons. The molecule has 0 atom stereocenters. The fraction of sp³-hybridized carbons (Fsp3) is 0. The fourth-order valence-corrected chi connectivity index (χ4v) is 1.40. The maximum atomic E-state index is 10.8. The van der Waals surface area contributed by atoms with Gasteiger partial charge in [0.2, 0.25) is 0 Å². The van der Waals surface area contributed by atoms with Crippen molar-refractivity contribution < 1.29 is 9.90 Å². The summed E-state index contributed by atoms with van der Waals surface area (Å²) in [5.41, 5.74) is 5.40. The number of aromatic carboxylic acids is 1. The molecule has 0 aliphatic rings. The van der Waals surface area contributed by atoms with Crippen molar-refractivity contribution in [1.82, 2.24) is 0 Å². The van der Waals surface area contributed by atoms with E-state index in [1.165, 1.54) is 12.1 Å². The van der Waals surface area contributed by atoms with Gasteiger partial charge in [0.1, 0.15) is 0 Å². The van der Waals surface area contributed by atoms with E-state index in [1.807, 2.05) is 0 Å². The van der Waals surface area contributed by atoms with Crippen LogP contribution in [0.25, 0.3) is 0 Å². The Hall–Kier alpha value is -1.04. The van der Waals surface area contributed by atoms with Gasteiger partial charge in [-0.15, -0.1) is 0 Å². The van der Waals surface area contributed by atoms with E-state index in [0.717, 1.165) is 0 Å². The molecule has 0 bridgehead atoms. The summed E-state index contributed by atoms with van der Waals surface area (Å²) in [6, 6.07) is 2.58. The number of thiocarbonyl (C=S) groups is 1. The van der Waals surface area contributed by atoms with E-state index in [4.69, 9.17) is 34.0 Å². The molecule has 4 N–H and O–H groups in total. The van der Waals surface area contributed by atoms with Gasteiger partial charge in [-0.3, -0.25) is 0 Å². The number of carbonyl (C=O) groups is 1. The first-order valence-corrected chi connectivity index (χ1v) is 4.87. The van der Waals surface area contributed by atoms with Crippen LogP contribution >= 0.6 is 35.4 Å². The van der Waals surface area contributed by atoms with Crippen LogP contribution < -0.4 is 11.1 Å². The van der Waals surface area contributed by atoms with E-state index in [2.05, 4.69) is 17.5 Å². The molecule has 80 valence electrons. The minimum atomic E-state index is -1.15. The lowest BCUT2D eigenvalue weighted by Gasteiger charge is -2.09. The smallest absolute Gasteiger partial charge is 0.337 e. The first-order valence-electron chi connectivity index (χ1n) is 3.70. The zero-order valence-electron chi connectivity index (χ0n) is 7.25. The molecular formula is C8H6Cl2N2O2S. The average Bonchev–Trinajstić information content (AvgIpc) is 2.09. The molecule has 1 rings (SSSR count). The second kappa shape index (κ2) is 4.65. The SMILES string of the molecule is NC(=S)Nc1cc(Cl)c(Cl)cc1C(=O)O. The summed E-state index contributed by atoms with van der Waals surface area (Å²) >= 11 is 16.0. The third-order valence-electron chi connectivity index (χ3n) is 1.55. The number of anilines is 1. The van der Waals surface area contributed by atoms with Crippen molar-refractivity contribution in [2.45, 2.75) is 0 Å². The van der Waals surface area contributed by atoms with E-state index < -0.39 is 5.97 Å². The van der Waals surface area contributed by atoms with Gasteiger partial charge >= 0.3 is 5.97 Å². The molecule has 0 unspecified atom stereocenters. The predicted octanol–water partition coefficient (Wildman–Crippen LogP) is 2.35. The van der Waals surface area contributed by atoms with Crippen LogP contribution in [0.15, 0.2) is 12.1 Å². The summed E-state index contributed by atoms with van der Waals surface area (Å²) in [7, 11) is 0. The minimum absolute atomic E-state index is 0.0443. The molecule has 0 aliphatic heterocycles. The Morgan fingerprint density at radius 2 is 1.93 bits per heavy atom. The molecule has 1 aromatic carbocycles. The largest absolute Gasteiger partial charge is 0.478 e. The molecule has 0 fully saturated rings. The number of benzene rings is 1. The number of hydrogen-bond donors (Lipinski definition) is 3. The summed E-state index contributed by atoms with van der Waals surface area (Å²) < 4.78 is 0.